The molecule has 3 aromatic carbocycles. The average Bonchev–Trinajstić information content (AvgIpc) is 3.47. The Morgan fingerprint density at radius 1 is 0.941 bits per heavy atom. The number of aliphatic hydroxyl groups excluding tert-OH is 3. The van der Waals surface area contributed by atoms with Crippen LogP contribution in [0.1, 0.15) is 29.1 Å². The number of benzene rings is 3. The fraction of sp³-hybridized carbons (Fsp3) is 0.269. The Labute approximate surface area is 192 Å². The van der Waals surface area contributed by atoms with E-state index in [-0.39, 0.29) is 5.91 Å². The number of nitrogens with one attached hydrogen (secondary N) is 1. The molecule has 34 heavy (non-hydrogen) atoms. The highest BCUT2D eigenvalue weighted by molar-refractivity contribution is 6.31. The van der Waals surface area contributed by atoms with Crippen molar-refractivity contribution in [1.29, 1.82) is 0 Å². The van der Waals surface area contributed by atoms with Crippen LogP contribution in [0.15, 0.2) is 48.5 Å². The molecule has 1 fully saturated rings. The van der Waals surface area contributed by atoms with Crippen LogP contribution < -0.4 is 5.32 Å². The highest BCUT2D eigenvalue weighted by Gasteiger charge is 2.56. The number of amides is 1. The van der Waals surface area contributed by atoms with Crippen LogP contribution in [0.3, 0.4) is 0 Å². The average molecular weight is 455 g/mol. The molecule has 0 saturated carbocycles. The third-order valence-electron chi connectivity index (χ3n) is 8.09. The third kappa shape index (κ3) is 1.84. The monoisotopic (exact) mass is 455 g/mol. The minimum Gasteiger partial charge on any atom is -0.387 e. The van der Waals surface area contributed by atoms with Crippen LogP contribution >= 0.6 is 0 Å². The van der Waals surface area contributed by atoms with Crippen molar-refractivity contribution in [3.63, 3.8) is 0 Å². The van der Waals surface area contributed by atoms with Gasteiger partial charge in [0.1, 0.15) is 18.3 Å². The summed E-state index contributed by atoms with van der Waals surface area (Å²) in [6, 6.07) is 15.6. The highest BCUT2D eigenvalue weighted by atomic mass is 16.6. The van der Waals surface area contributed by atoms with Crippen molar-refractivity contribution in [1.82, 2.24) is 14.5 Å². The molecule has 0 aliphatic carbocycles. The fourth-order valence-corrected chi connectivity index (χ4v) is 6.65. The van der Waals surface area contributed by atoms with Gasteiger partial charge in [0.2, 0.25) is 0 Å². The minimum atomic E-state index is -1.43. The van der Waals surface area contributed by atoms with E-state index in [1.165, 1.54) is 0 Å². The van der Waals surface area contributed by atoms with Crippen LogP contribution in [0.5, 0.6) is 0 Å². The predicted molar refractivity (Wildman–Crippen MR) is 125 cm³/mol. The lowest BCUT2D eigenvalue weighted by atomic mass is 9.93. The summed E-state index contributed by atoms with van der Waals surface area (Å²) in [7, 11) is 0. The van der Waals surface area contributed by atoms with Gasteiger partial charge in [-0.25, -0.2) is 0 Å². The molecule has 3 aliphatic rings. The zero-order chi connectivity index (χ0) is 23.1. The van der Waals surface area contributed by atoms with Gasteiger partial charge in [-0.15, -0.1) is 0 Å². The van der Waals surface area contributed by atoms with E-state index in [0.29, 0.717) is 12.1 Å². The molecule has 5 atom stereocenters. The van der Waals surface area contributed by atoms with Gasteiger partial charge in [0.25, 0.3) is 5.91 Å². The summed E-state index contributed by atoms with van der Waals surface area (Å²) in [6.07, 6.45) is -5.14. The number of hydrogen-bond donors (Lipinski definition) is 4. The molecule has 170 valence electrons. The number of carbonyl (C=O) groups is 1. The summed E-state index contributed by atoms with van der Waals surface area (Å²) in [5.74, 6) is -0.128. The molecule has 0 spiro atoms. The number of hydrogen-bond acceptors (Lipinski definition) is 5. The van der Waals surface area contributed by atoms with Crippen LogP contribution in [0.2, 0.25) is 0 Å². The topological polar surface area (TPSA) is 109 Å². The maximum absolute atomic E-state index is 13.2. The summed E-state index contributed by atoms with van der Waals surface area (Å²) >= 11 is 0. The Bertz CT molecular complexity index is 1750. The van der Waals surface area contributed by atoms with E-state index in [1.807, 2.05) is 57.7 Å². The number of ether oxygens (including phenoxy) is 1. The Balaban J connectivity index is 1.77. The second kappa shape index (κ2) is 5.79. The Morgan fingerprint density at radius 2 is 1.62 bits per heavy atom. The van der Waals surface area contributed by atoms with E-state index in [9.17, 15) is 20.1 Å². The molecular formula is C26H21N3O5. The first-order valence-corrected chi connectivity index (χ1v) is 11.4. The van der Waals surface area contributed by atoms with Crippen LogP contribution in [0.4, 0.5) is 0 Å². The fourth-order valence-electron chi connectivity index (χ4n) is 6.65. The molecule has 4 N–H and O–H groups in total. The smallest absolute Gasteiger partial charge is 0.252 e. The van der Waals surface area contributed by atoms with Crippen LogP contribution in [0.25, 0.3) is 43.6 Å². The number of carbonyl (C=O) groups excluding carboxylic acids is 1. The quantitative estimate of drug-likeness (QED) is 0.287. The standard InChI is InChI=1S/C26H21N3O5/c1-26-23(32)21(30)22(31)25(34-26)28-14-8-4-2-6-11(14)17-18-13(10-27-24(18)33)16-12-7-3-5-9-15(12)29(26)20(16)19(17)28/h2-9,21-23,25,30-32H,10H2,1H3,(H,27,33)/t21-,22+,23+,25+,26-/m0/s1. The largest absolute Gasteiger partial charge is 0.387 e. The van der Waals surface area contributed by atoms with Gasteiger partial charge in [-0.3, -0.25) is 4.79 Å². The van der Waals surface area contributed by atoms with Crippen molar-refractivity contribution in [3.8, 4) is 0 Å². The lowest BCUT2D eigenvalue weighted by molar-refractivity contribution is -0.309. The maximum Gasteiger partial charge on any atom is 0.252 e. The molecule has 8 heteroatoms. The van der Waals surface area contributed by atoms with Gasteiger partial charge in [0, 0.05) is 28.1 Å². The molecule has 0 unspecified atom stereocenters. The van der Waals surface area contributed by atoms with E-state index >= 15 is 0 Å². The van der Waals surface area contributed by atoms with Gasteiger partial charge in [0.15, 0.2) is 12.0 Å². The number of aromatic nitrogens is 2. The number of fused-ring (bicyclic) bond motifs is 13. The van der Waals surface area contributed by atoms with Gasteiger partial charge in [-0.05, 0) is 24.6 Å². The first kappa shape index (κ1) is 18.9. The molecule has 1 saturated heterocycles. The molecule has 3 aliphatic heterocycles. The molecular weight excluding hydrogens is 434 g/mol. The van der Waals surface area contributed by atoms with Gasteiger partial charge in [-0.1, -0.05) is 36.4 Å². The number of para-hydroxylation sites is 2. The Hall–Kier alpha value is -3.43. The third-order valence-corrected chi connectivity index (χ3v) is 8.09. The first-order valence-electron chi connectivity index (χ1n) is 11.4. The number of aliphatic hydroxyl groups is 3. The van der Waals surface area contributed by atoms with Crippen molar-refractivity contribution in [2.24, 2.45) is 0 Å². The van der Waals surface area contributed by atoms with Crippen molar-refractivity contribution >= 4 is 49.5 Å². The summed E-state index contributed by atoms with van der Waals surface area (Å²) in [5, 5.41) is 39.9. The van der Waals surface area contributed by atoms with E-state index in [0.717, 1.165) is 49.2 Å². The van der Waals surface area contributed by atoms with Gasteiger partial charge < -0.3 is 34.5 Å². The first-order chi connectivity index (χ1) is 16.4. The lowest BCUT2D eigenvalue weighted by Gasteiger charge is -2.47. The van der Waals surface area contributed by atoms with E-state index in [1.54, 1.807) is 6.92 Å². The predicted octanol–water partition coefficient (Wildman–Crippen LogP) is 2.44. The minimum absolute atomic E-state index is 0.128. The number of nitrogens with zero attached hydrogens (tertiary/aromatic N) is 2. The molecule has 2 aromatic heterocycles. The van der Waals surface area contributed by atoms with E-state index in [4.69, 9.17) is 4.74 Å². The Morgan fingerprint density at radius 3 is 2.38 bits per heavy atom. The summed E-state index contributed by atoms with van der Waals surface area (Å²) in [6.45, 7) is 2.16. The summed E-state index contributed by atoms with van der Waals surface area (Å²) in [4.78, 5) is 13.2. The number of rotatable bonds is 0. The van der Waals surface area contributed by atoms with Crippen LogP contribution in [0, 0.1) is 0 Å². The summed E-state index contributed by atoms with van der Waals surface area (Å²) < 4.78 is 10.4. The van der Waals surface area contributed by atoms with E-state index < -0.39 is 30.3 Å². The van der Waals surface area contributed by atoms with Crippen molar-refractivity contribution in [2.75, 3.05) is 0 Å². The lowest BCUT2D eigenvalue weighted by Crippen LogP contribution is -2.61. The second-order valence-corrected chi connectivity index (χ2v) is 9.71. The summed E-state index contributed by atoms with van der Waals surface area (Å²) in [5.41, 5.74) is 3.40. The molecule has 5 aromatic rings. The molecule has 8 nitrogen and oxygen atoms in total. The maximum atomic E-state index is 13.2. The zero-order valence-corrected chi connectivity index (χ0v) is 18.2. The molecule has 2 bridgehead atoms. The van der Waals surface area contributed by atoms with Crippen molar-refractivity contribution in [3.05, 3.63) is 59.7 Å². The van der Waals surface area contributed by atoms with Gasteiger partial charge in [0.05, 0.1) is 27.6 Å². The van der Waals surface area contributed by atoms with E-state index in [2.05, 4.69) is 5.32 Å². The van der Waals surface area contributed by atoms with Crippen molar-refractivity contribution in [2.45, 2.75) is 43.7 Å². The SMILES string of the molecule is C[C@]12O[C@H]([C@H](O)[C@H](O)[C@H]1O)n1c3ccccc3c3c4c(c5c6ccccc6n2c5c31)CNC4=O. The van der Waals surface area contributed by atoms with Gasteiger partial charge in [-0.2, -0.15) is 0 Å². The van der Waals surface area contributed by atoms with Crippen LogP contribution in [-0.2, 0) is 17.0 Å². The second-order valence-electron chi connectivity index (χ2n) is 9.71. The molecule has 1 amide bonds. The molecule has 5 heterocycles. The van der Waals surface area contributed by atoms with Crippen molar-refractivity contribution < 1.29 is 24.9 Å². The normalized spacial score (nSPS) is 29.9. The zero-order valence-electron chi connectivity index (χ0n) is 18.2. The molecule has 8 rings (SSSR count). The van der Waals surface area contributed by atoms with Crippen LogP contribution in [-0.4, -0.2) is 48.7 Å². The molecule has 0 radical (unpaired) electrons. The van der Waals surface area contributed by atoms with Gasteiger partial charge >= 0.3 is 0 Å². The highest BCUT2D eigenvalue weighted by Crippen LogP contribution is 2.53. The Kier molecular flexibility index (Phi) is 3.22.